The molecule has 1 aliphatic carbocycles. The van der Waals surface area contributed by atoms with E-state index in [2.05, 4.69) is 20.8 Å². The van der Waals surface area contributed by atoms with Gasteiger partial charge in [-0.2, -0.15) is 0 Å². The standard InChI is InChI=1S/C50H93O13P/c1-4-5-24-30-42(52)34-35-46-45(47(54)36-48(46)55)31-26-22-23-27-32-49(56)60-39-44(40-62-64(58,59)61-38-43(53)37-51)63-50(57)33-28-21-19-17-15-13-11-9-7-6-8-10-12-14-16-18-20-25-29-41(2)3/h22,26,34-35,41-48,51-55H,4-21,23-25,27-33,36-40H2,1-3H3,(H,58,59)/b26-22+,35-34+/t42-,43-,44+,45+,46+,47-,48+/m0/s1. The number of ether oxygens (including phenoxy) is 2. The summed E-state index contributed by atoms with van der Waals surface area (Å²) in [6.45, 7) is 4.39. The summed E-state index contributed by atoms with van der Waals surface area (Å²) in [6, 6.07) is 0. The van der Waals surface area contributed by atoms with E-state index in [0.29, 0.717) is 32.1 Å². The Bertz CT molecular complexity index is 1250. The van der Waals surface area contributed by atoms with Crippen molar-refractivity contribution in [1.29, 1.82) is 0 Å². The van der Waals surface area contributed by atoms with Gasteiger partial charge in [-0.25, -0.2) is 4.57 Å². The maximum absolute atomic E-state index is 12.7. The fourth-order valence-corrected chi connectivity index (χ4v) is 8.90. The van der Waals surface area contributed by atoms with Crippen LogP contribution in [0.1, 0.15) is 207 Å². The normalized spacial score (nSPS) is 20.3. The predicted octanol–water partition coefficient (Wildman–Crippen LogP) is 10.4. The fourth-order valence-electron chi connectivity index (χ4n) is 8.12. The van der Waals surface area contributed by atoms with Crippen molar-refractivity contribution < 1.29 is 63.1 Å². The van der Waals surface area contributed by atoms with Gasteiger partial charge in [-0.1, -0.05) is 180 Å². The van der Waals surface area contributed by atoms with Crippen molar-refractivity contribution in [2.24, 2.45) is 17.8 Å². The first-order valence-electron chi connectivity index (χ1n) is 25.4. The van der Waals surface area contributed by atoms with Crippen molar-refractivity contribution in [3.63, 3.8) is 0 Å². The molecule has 0 aromatic carbocycles. The Labute approximate surface area is 387 Å². The second kappa shape index (κ2) is 39.3. The van der Waals surface area contributed by atoms with Crippen LogP contribution in [0.15, 0.2) is 24.3 Å². The first-order valence-corrected chi connectivity index (χ1v) is 26.9. The monoisotopic (exact) mass is 933 g/mol. The van der Waals surface area contributed by atoms with Gasteiger partial charge in [0.1, 0.15) is 12.7 Å². The van der Waals surface area contributed by atoms with Gasteiger partial charge in [0, 0.05) is 25.2 Å². The number of rotatable bonds is 43. The number of hydrogen-bond donors (Lipinski definition) is 6. The van der Waals surface area contributed by atoms with E-state index in [1.54, 1.807) is 6.08 Å². The van der Waals surface area contributed by atoms with Crippen molar-refractivity contribution in [1.82, 2.24) is 0 Å². The molecular formula is C50H93O13P. The van der Waals surface area contributed by atoms with Gasteiger partial charge in [0.2, 0.25) is 0 Å². The molecule has 0 aromatic heterocycles. The minimum atomic E-state index is -4.68. The molecule has 13 nitrogen and oxygen atoms in total. The molecule has 0 radical (unpaired) electrons. The van der Waals surface area contributed by atoms with E-state index in [4.69, 9.17) is 23.6 Å². The van der Waals surface area contributed by atoms with E-state index in [0.717, 1.165) is 44.4 Å². The van der Waals surface area contributed by atoms with Crippen LogP contribution in [0, 0.1) is 17.8 Å². The molecule has 6 N–H and O–H groups in total. The van der Waals surface area contributed by atoms with E-state index in [9.17, 15) is 39.5 Å². The number of aliphatic hydroxyl groups excluding tert-OH is 5. The van der Waals surface area contributed by atoms with Gasteiger partial charge < -0.3 is 39.9 Å². The van der Waals surface area contributed by atoms with Crippen LogP contribution in [0.5, 0.6) is 0 Å². The highest BCUT2D eigenvalue weighted by molar-refractivity contribution is 7.47. The van der Waals surface area contributed by atoms with Crippen LogP contribution in [-0.4, -0.2) is 99.3 Å². The Morgan fingerprint density at radius 3 is 1.77 bits per heavy atom. The van der Waals surface area contributed by atoms with E-state index in [1.165, 1.54) is 96.3 Å². The number of unbranched alkanes of at least 4 members (excludes halogenated alkanes) is 20. The minimum absolute atomic E-state index is 0.0670. The van der Waals surface area contributed by atoms with Crippen molar-refractivity contribution in [2.75, 3.05) is 26.4 Å². The number of allylic oxidation sites excluding steroid dienone is 2. The van der Waals surface area contributed by atoms with E-state index >= 15 is 0 Å². The lowest BCUT2D eigenvalue weighted by Gasteiger charge is -2.20. The molecule has 376 valence electrons. The lowest BCUT2D eigenvalue weighted by molar-refractivity contribution is -0.161. The summed E-state index contributed by atoms with van der Waals surface area (Å²) in [5.74, 6) is -0.711. The molecule has 1 fully saturated rings. The van der Waals surface area contributed by atoms with E-state index in [-0.39, 0.29) is 31.1 Å². The molecule has 8 atom stereocenters. The lowest BCUT2D eigenvalue weighted by Crippen LogP contribution is -2.29. The third-order valence-electron chi connectivity index (χ3n) is 12.1. The molecule has 1 rings (SSSR count). The Morgan fingerprint density at radius 2 is 1.20 bits per heavy atom. The molecule has 0 amide bonds. The third kappa shape index (κ3) is 33.7. The summed E-state index contributed by atoms with van der Waals surface area (Å²) in [5.41, 5.74) is 0. The van der Waals surface area contributed by atoms with Crippen molar-refractivity contribution in [2.45, 2.75) is 237 Å². The van der Waals surface area contributed by atoms with Crippen LogP contribution < -0.4 is 0 Å². The van der Waals surface area contributed by atoms with Crippen LogP contribution in [0.2, 0.25) is 0 Å². The Hall–Kier alpha value is -1.67. The van der Waals surface area contributed by atoms with Gasteiger partial charge in [-0.15, -0.1) is 0 Å². The van der Waals surface area contributed by atoms with Gasteiger partial charge in [0.25, 0.3) is 0 Å². The van der Waals surface area contributed by atoms with Crippen molar-refractivity contribution in [3.8, 4) is 0 Å². The van der Waals surface area contributed by atoms with Gasteiger partial charge in [-0.3, -0.25) is 18.6 Å². The fraction of sp³-hybridized carbons (Fsp3) is 0.880. The number of phosphoric ester groups is 1. The molecular weight excluding hydrogens is 840 g/mol. The predicted molar refractivity (Wildman–Crippen MR) is 253 cm³/mol. The number of carbonyl (C=O) groups is 2. The average molecular weight is 933 g/mol. The number of phosphoric acid groups is 1. The molecule has 0 heterocycles. The van der Waals surface area contributed by atoms with Gasteiger partial charge in [0.15, 0.2) is 6.10 Å². The number of hydrogen-bond acceptors (Lipinski definition) is 12. The summed E-state index contributed by atoms with van der Waals surface area (Å²) >= 11 is 0. The molecule has 14 heteroatoms. The van der Waals surface area contributed by atoms with Crippen LogP contribution in [0.4, 0.5) is 0 Å². The summed E-state index contributed by atoms with van der Waals surface area (Å²) in [7, 11) is -4.68. The maximum Gasteiger partial charge on any atom is 0.472 e. The summed E-state index contributed by atoms with van der Waals surface area (Å²) in [6.07, 6.45) is 32.4. The van der Waals surface area contributed by atoms with Crippen molar-refractivity contribution >= 4 is 19.8 Å². The number of aliphatic hydroxyl groups is 5. The van der Waals surface area contributed by atoms with Crippen molar-refractivity contribution in [3.05, 3.63) is 24.3 Å². The second-order valence-electron chi connectivity index (χ2n) is 18.6. The Morgan fingerprint density at radius 1 is 0.672 bits per heavy atom. The van der Waals surface area contributed by atoms with Crippen LogP contribution in [0.3, 0.4) is 0 Å². The third-order valence-corrected chi connectivity index (χ3v) is 13.1. The highest BCUT2D eigenvalue weighted by atomic mass is 31.2. The molecule has 1 unspecified atom stereocenters. The molecule has 64 heavy (non-hydrogen) atoms. The van der Waals surface area contributed by atoms with Crippen LogP contribution >= 0.6 is 7.82 Å². The lowest BCUT2D eigenvalue weighted by atomic mass is 9.89. The summed E-state index contributed by atoms with van der Waals surface area (Å²) in [5, 5.41) is 49.8. The SMILES string of the molecule is CCCCC[C@H](O)/C=C/[C@@H]1[C@@H](C/C=C/CCCC(=O)OC[C@H](COP(=O)(O)OC[C@@H](O)CO)OC(=O)CCCCCCCCCCCCCCCCCCCCC(C)C)[C@@H](O)C[C@H]1O. The van der Waals surface area contributed by atoms with E-state index < -0.39 is 76.7 Å². The average Bonchev–Trinajstić information content (AvgIpc) is 3.53. The maximum atomic E-state index is 12.7. The highest BCUT2D eigenvalue weighted by Gasteiger charge is 2.39. The highest BCUT2D eigenvalue weighted by Crippen LogP contribution is 2.43. The van der Waals surface area contributed by atoms with Crippen LogP contribution in [-0.2, 0) is 32.7 Å². The van der Waals surface area contributed by atoms with Gasteiger partial charge in [-0.05, 0) is 43.9 Å². The zero-order valence-electron chi connectivity index (χ0n) is 40.3. The van der Waals surface area contributed by atoms with Crippen LogP contribution in [0.25, 0.3) is 0 Å². The molecule has 0 spiro atoms. The quantitative estimate of drug-likeness (QED) is 0.0146. The van der Waals surface area contributed by atoms with E-state index in [1.807, 2.05) is 18.2 Å². The second-order valence-corrected chi connectivity index (χ2v) is 20.1. The molecule has 0 bridgehead atoms. The molecule has 0 saturated heterocycles. The number of carbonyl (C=O) groups excluding carboxylic acids is 2. The molecule has 1 aliphatic rings. The first-order chi connectivity index (χ1) is 30.8. The topological polar surface area (TPSA) is 210 Å². The Balaban J connectivity index is 2.35. The molecule has 0 aliphatic heterocycles. The molecule has 1 saturated carbocycles. The Kier molecular flexibility index (Phi) is 37.1. The minimum Gasteiger partial charge on any atom is -0.462 e. The summed E-state index contributed by atoms with van der Waals surface area (Å²) in [4.78, 5) is 35.3. The smallest absolute Gasteiger partial charge is 0.462 e. The largest absolute Gasteiger partial charge is 0.472 e. The molecule has 0 aromatic rings. The van der Waals surface area contributed by atoms with Gasteiger partial charge >= 0.3 is 19.8 Å². The summed E-state index contributed by atoms with van der Waals surface area (Å²) < 4.78 is 32.8. The number of esters is 2. The zero-order chi connectivity index (χ0) is 47.3. The van der Waals surface area contributed by atoms with Gasteiger partial charge in [0.05, 0.1) is 38.1 Å². The first kappa shape index (κ1) is 60.3. The zero-order valence-corrected chi connectivity index (χ0v) is 41.1.